The zero-order chi connectivity index (χ0) is 26.0. The number of hydrogen-bond acceptors (Lipinski definition) is 6. The molecule has 0 spiro atoms. The van der Waals surface area contributed by atoms with E-state index in [-0.39, 0.29) is 17.9 Å². The maximum atomic E-state index is 13.1. The second-order valence-electron chi connectivity index (χ2n) is 9.65. The zero-order valence-corrected chi connectivity index (χ0v) is 20.5. The molecule has 2 aromatic rings. The first-order valence-corrected chi connectivity index (χ1v) is 11.3. The number of rotatable bonds is 5. The first-order valence-electron chi connectivity index (χ1n) is 11.3. The van der Waals surface area contributed by atoms with Crippen molar-refractivity contribution in [1.82, 2.24) is 24.8 Å². The molecule has 12 heteroatoms. The molecule has 1 saturated heterocycles. The number of aromatic nitrogens is 3. The Morgan fingerprint density at radius 3 is 2.23 bits per heavy atom. The molecule has 1 aliphatic heterocycles. The highest BCUT2D eigenvalue weighted by Gasteiger charge is 2.32. The predicted octanol–water partition coefficient (Wildman–Crippen LogP) is 3.48. The number of aryl methyl sites for hydroxylation is 1. The van der Waals surface area contributed by atoms with Crippen molar-refractivity contribution in [3.63, 3.8) is 0 Å². The minimum atomic E-state index is -4.48. The maximum Gasteiger partial charge on any atom is 0.419 e. The van der Waals surface area contributed by atoms with Gasteiger partial charge in [-0.3, -0.25) is 4.79 Å². The molecule has 192 valence electrons. The molecule has 0 bridgehead atoms. The van der Waals surface area contributed by atoms with Crippen LogP contribution in [0.25, 0.3) is 0 Å². The van der Waals surface area contributed by atoms with Crippen molar-refractivity contribution in [3.05, 3.63) is 41.5 Å². The predicted molar refractivity (Wildman–Crippen MR) is 123 cm³/mol. The van der Waals surface area contributed by atoms with Crippen molar-refractivity contribution in [1.29, 1.82) is 0 Å². The lowest BCUT2D eigenvalue weighted by Crippen LogP contribution is -2.49. The lowest BCUT2D eigenvalue weighted by atomic mass is 10.2. The average molecular weight is 497 g/mol. The van der Waals surface area contributed by atoms with E-state index in [1.807, 2.05) is 24.6 Å². The van der Waals surface area contributed by atoms with Crippen LogP contribution in [0, 0.1) is 6.92 Å². The normalized spacial score (nSPS) is 15.7. The summed E-state index contributed by atoms with van der Waals surface area (Å²) in [6.45, 7) is 11.1. The van der Waals surface area contributed by atoms with Crippen LogP contribution in [0.3, 0.4) is 0 Å². The molecule has 0 unspecified atom stereocenters. The largest absolute Gasteiger partial charge is 0.444 e. The molecule has 1 aliphatic rings. The quantitative estimate of drug-likeness (QED) is 0.682. The Kier molecular flexibility index (Phi) is 7.61. The SMILES string of the molecule is Cc1cn(C[C@H](C)NC(=O)OC(C)(C)C)cc1C(=O)N1CCN(c2ncc(C(F)(F)F)cn2)CC1. The number of carbonyl (C=O) groups excluding carboxylic acids is 2. The van der Waals surface area contributed by atoms with Crippen molar-refractivity contribution >= 4 is 17.9 Å². The molecule has 2 aromatic heterocycles. The van der Waals surface area contributed by atoms with E-state index in [1.54, 1.807) is 36.8 Å². The average Bonchev–Trinajstić information content (AvgIpc) is 3.11. The summed E-state index contributed by atoms with van der Waals surface area (Å²) in [5, 5.41) is 2.78. The molecule has 35 heavy (non-hydrogen) atoms. The zero-order valence-electron chi connectivity index (χ0n) is 20.5. The fraction of sp³-hybridized carbons (Fsp3) is 0.565. The molecule has 3 heterocycles. The van der Waals surface area contributed by atoms with Gasteiger partial charge in [-0.15, -0.1) is 0 Å². The van der Waals surface area contributed by atoms with Gasteiger partial charge in [-0.05, 0) is 40.2 Å². The van der Waals surface area contributed by atoms with Crippen LogP contribution in [0.1, 0.15) is 49.2 Å². The van der Waals surface area contributed by atoms with Gasteiger partial charge in [0.05, 0.1) is 11.1 Å². The van der Waals surface area contributed by atoms with E-state index in [0.717, 1.165) is 18.0 Å². The summed E-state index contributed by atoms with van der Waals surface area (Å²) >= 11 is 0. The van der Waals surface area contributed by atoms with Crippen molar-refractivity contribution in [2.24, 2.45) is 0 Å². The number of alkyl carbamates (subject to hydrolysis) is 1. The Morgan fingerprint density at radius 1 is 1.09 bits per heavy atom. The highest BCUT2D eigenvalue weighted by molar-refractivity contribution is 5.95. The van der Waals surface area contributed by atoms with Gasteiger partial charge in [-0.25, -0.2) is 14.8 Å². The number of nitrogens with one attached hydrogen (secondary N) is 1. The number of ether oxygens (including phenoxy) is 1. The van der Waals surface area contributed by atoms with E-state index in [4.69, 9.17) is 4.74 Å². The minimum Gasteiger partial charge on any atom is -0.444 e. The van der Waals surface area contributed by atoms with Crippen LogP contribution in [-0.2, 0) is 17.5 Å². The Morgan fingerprint density at radius 2 is 1.69 bits per heavy atom. The molecular weight excluding hydrogens is 465 g/mol. The molecule has 0 radical (unpaired) electrons. The standard InChI is InChI=1S/C23H31F3N6O3/c1-15-12-30(13-16(2)29-21(34)35-22(3,4)5)14-18(15)19(33)31-6-8-32(9-7-31)20-27-10-17(11-28-20)23(24,25)26/h10-12,14,16H,6-9,13H2,1-5H3,(H,29,34)/t16-/m0/s1. The third-order valence-electron chi connectivity index (χ3n) is 5.37. The highest BCUT2D eigenvalue weighted by atomic mass is 19.4. The van der Waals surface area contributed by atoms with Crippen LogP contribution >= 0.6 is 0 Å². The van der Waals surface area contributed by atoms with Crippen molar-refractivity contribution < 1.29 is 27.5 Å². The van der Waals surface area contributed by atoms with Crippen LogP contribution in [0.5, 0.6) is 0 Å². The minimum absolute atomic E-state index is 0.123. The molecule has 0 aromatic carbocycles. The van der Waals surface area contributed by atoms with E-state index in [1.165, 1.54) is 0 Å². The number of hydrogen-bond donors (Lipinski definition) is 1. The second kappa shape index (κ2) is 10.1. The van der Waals surface area contributed by atoms with Gasteiger partial charge in [-0.2, -0.15) is 13.2 Å². The fourth-order valence-corrected chi connectivity index (χ4v) is 3.73. The van der Waals surface area contributed by atoms with Gasteiger partial charge >= 0.3 is 12.3 Å². The first-order chi connectivity index (χ1) is 16.2. The van der Waals surface area contributed by atoms with E-state index >= 15 is 0 Å². The number of piperazine rings is 1. The second-order valence-corrected chi connectivity index (χ2v) is 9.65. The number of carbonyl (C=O) groups is 2. The van der Waals surface area contributed by atoms with Gasteiger partial charge in [-0.1, -0.05) is 0 Å². The molecule has 1 fully saturated rings. The van der Waals surface area contributed by atoms with Crippen molar-refractivity contribution in [2.75, 3.05) is 31.1 Å². The van der Waals surface area contributed by atoms with Gasteiger partial charge < -0.3 is 24.4 Å². The number of amides is 2. The molecule has 9 nitrogen and oxygen atoms in total. The van der Waals surface area contributed by atoms with Crippen molar-refractivity contribution in [2.45, 2.75) is 59.0 Å². The smallest absolute Gasteiger partial charge is 0.419 e. The summed E-state index contributed by atoms with van der Waals surface area (Å²) < 4.78 is 45.3. The van der Waals surface area contributed by atoms with Gasteiger partial charge in [0, 0.05) is 63.6 Å². The summed E-state index contributed by atoms with van der Waals surface area (Å²) in [4.78, 5) is 36.2. The molecular formula is C23H31F3N6O3. The summed E-state index contributed by atoms with van der Waals surface area (Å²) in [6, 6.07) is -0.216. The van der Waals surface area contributed by atoms with Gasteiger partial charge in [0.2, 0.25) is 5.95 Å². The third kappa shape index (κ3) is 7.09. The van der Waals surface area contributed by atoms with E-state index < -0.39 is 23.4 Å². The highest BCUT2D eigenvalue weighted by Crippen LogP contribution is 2.28. The Balaban J connectivity index is 1.55. The number of halogens is 3. The summed E-state index contributed by atoms with van der Waals surface area (Å²) in [6.07, 6.45) is 0.167. The number of anilines is 1. The van der Waals surface area contributed by atoms with Crippen LogP contribution in [0.15, 0.2) is 24.8 Å². The molecule has 0 saturated carbocycles. The lowest BCUT2D eigenvalue weighted by Gasteiger charge is -2.34. The Hall–Kier alpha value is -3.31. The molecule has 3 rings (SSSR count). The Bertz CT molecular complexity index is 1040. The van der Waals surface area contributed by atoms with Crippen LogP contribution in [0.2, 0.25) is 0 Å². The molecule has 0 aliphatic carbocycles. The van der Waals surface area contributed by atoms with Gasteiger partial charge in [0.25, 0.3) is 5.91 Å². The van der Waals surface area contributed by atoms with Gasteiger partial charge in [0.15, 0.2) is 0 Å². The van der Waals surface area contributed by atoms with E-state index in [0.29, 0.717) is 38.3 Å². The third-order valence-corrected chi connectivity index (χ3v) is 5.37. The summed E-state index contributed by atoms with van der Waals surface area (Å²) in [7, 11) is 0. The van der Waals surface area contributed by atoms with Gasteiger partial charge in [0.1, 0.15) is 5.60 Å². The van der Waals surface area contributed by atoms with E-state index in [2.05, 4.69) is 15.3 Å². The van der Waals surface area contributed by atoms with Crippen LogP contribution in [-0.4, -0.2) is 69.3 Å². The summed E-state index contributed by atoms with van der Waals surface area (Å²) in [5.41, 5.74) is -0.108. The maximum absolute atomic E-state index is 13.1. The molecule has 1 N–H and O–H groups in total. The van der Waals surface area contributed by atoms with E-state index in [9.17, 15) is 22.8 Å². The lowest BCUT2D eigenvalue weighted by molar-refractivity contribution is -0.138. The first kappa shape index (κ1) is 26.3. The van der Waals surface area contributed by atoms with Crippen LogP contribution in [0.4, 0.5) is 23.9 Å². The monoisotopic (exact) mass is 496 g/mol. The topological polar surface area (TPSA) is 92.6 Å². The Labute approximate surface area is 202 Å². The van der Waals surface area contributed by atoms with Crippen molar-refractivity contribution in [3.8, 4) is 0 Å². The number of nitrogens with zero attached hydrogens (tertiary/aromatic N) is 5. The fourth-order valence-electron chi connectivity index (χ4n) is 3.73. The van der Waals surface area contributed by atoms with Crippen LogP contribution < -0.4 is 10.2 Å². The molecule has 1 atom stereocenters. The summed E-state index contributed by atoms with van der Waals surface area (Å²) in [5.74, 6) is 0.0842. The number of alkyl halides is 3. The molecule has 2 amide bonds.